The highest BCUT2D eigenvalue weighted by molar-refractivity contribution is 6.61. The molecule has 270 valence electrons. The summed E-state index contributed by atoms with van der Waals surface area (Å²) in [7, 11) is -5.69. The third-order valence-corrected chi connectivity index (χ3v) is 12.6. The van der Waals surface area contributed by atoms with E-state index in [1.807, 2.05) is 41.5 Å². The molecule has 0 aliphatic rings. The lowest BCUT2D eigenvalue weighted by atomic mass is 10.3. The molecule has 0 spiro atoms. The molecule has 0 saturated heterocycles. The van der Waals surface area contributed by atoms with Gasteiger partial charge in [-0.15, -0.1) is 0 Å². The highest BCUT2D eigenvalue weighted by Crippen LogP contribution is 2.18. The quantitative estimate of drug-likeness (QED) is 0.0588. The van der Waals surface area contributed by atoms with E-state index in [4.69, 9.17) is 26.6 Å². The first-order chi connectivity index (χ1) is 21.9. The maximum Gasteiger partial charge on any atom is 0.500 e. The van der Waals surface area contributed by atoms with E-state index in [-0.39, 0.29) is 38.0 Å². The second-order valence-corrected chi connectivity index (χ2v) is 15.5. The maximum atomic E-state index is 12.7. The van der Waals surface area contributed by atoms with Crippen LogP contribution in [0.1, 0.15) is 54.4 Å². The Labute approximate surface area is 276 Å². The van der Waals surface area contributed by atoms with Gasteiger partial charge in [-0.25, -0.2) is 0 Å². The van der Waals surface area contributed by atoms with Gasteiger partial charge >= 0.3 is 29.5 Å². The summed E-state index contributed by atoms with van der Waals surface area (Å²) in [6.45, 7) is 13.3. The van der Waals surface area contributed by atoms with Gasteiger partial charge in [0.15, 0.2) is 0 Å². The van der Waals surface area contributed by atoms with Gasteiger partial charge in [-0.2, -0.15) is 0 Å². The average molecular weight is 699 g/mol. The lowest BCUT2D eigenvalue weighted by Gasteiger charge is -2.28. The molecule has 0 aromatic heterocycles. The summed E-state index contributed by atoms with van der Waals surface area (Å²) < 4.78 is 34.9. The zero-order chi connectivity index (χ0) is 34.8. The van der Waals surface area contributed by atoms with E-state index in [2.05, 4.69) is 10.6 Å². The summed E-state index contributed by atoms with van der Waals surface area (Å²) in [6.07, 6.45) is 1.09. The maximum absolute atomic E-state index is 12.7. The summed E-state index contributed by atoms with van der Waals surface area (Å²) in [5.74, 6) is -3.04. The fraction of sp³-hybridized carbons (Fsp3) is 0.857. The molecule has 0 aliphatic carbocycles. The molecule has 2 amide bonds. The summed E-state index contributed by atoms with van der Waals surface area (Å²) in [4.78, 5) is 51.1. The fourth-order valence-corrected chi connectivity index (χ4v) is 9.90. The van der Waals surface area contributed by atoms with E-state index in [0.29, 0.717) is 77.7 Å². The number of hydrogen-bond acceptors (Lipinski definition) is 12. The Bertz CT molecular complexity index is 772. The monoisotopic (exact) mass is 698 g/mol. The molecule has 0 radical (unpaired) electrons. The first-order valence-corrected chi connectivity index (χ1v) is 20.1. The van der Waals surface area contributed by atoms with Crippen molar-refractivity contribution in [1.29, 1.82) is 0 Å². The van der Waals surface area contributed by atoms with Crippen LogP contribution in [0.25, 0.3) is 0 Å². The highest BCUT2D eigenvalue weighted by Gasteiger charge is 2.40. The van der Waals surface area contributed by atoms with Gasteiger partial charge in [-0.1, -0.05) is 0 Å². The molecular weight excluding hydrogens is 640 g/mol. The summed E-state index contributed by atoms with van der Waals surface area (Å²) in [6, 6.07) is 1.03. The zero-order valence-electron chi connectivity index (χ0n) is 28.6. The van der Waals surface area contributed by atoms with E-state index >= 15 is 0 Å². The molecule has 0 fully saturated rings. The summed E-state index contributed by atoms with van der Waals surface area (Å²) >= 11 is 0. The molecule has 0 heterocycles. The minimum atomic E-state index is -2.84. The van der Waals surface area contributed by atoms with Crippen molar-refractivity contribution in [3.63, 3.8) is 0 Å². The van der Waals surface area contributed by atoms with Gasteiger partial charge in [0.25, 0.3) is 0 Å². The largest absolute Gasteiger partial charge is 0.500 e. The van der Waals surface area contributed by atoms with E-state index in [1.165, 1.54) is 9.80 Å². The van der Waals surface area contributed by atoms with Crippen LogP contribution in [0.2, 0.25) is 12.1 Å². The molecule has 0 rings (SSSR count). The van der Waals surface area contributed by atoms with E-state index in [9.17, 15) is 29.4 Å². The van der Waals surface area contributed by atoms with Crippen LogP contribution >= 0.6 is 0 Å². The van der Waals surface area contributed by atoms with Crippen molar-refractivity contribution in [3.8, 4) is 0 Å². The van der Waals surface area contributed by atoms with Crippen molar-refractivity contribution < 1.29 is 55.9 Å². The SMILES string of the molecule is CCO[Si](CCCNC(=O)CN(CCN(CC(=O)O)CC(=O)NCCC[Si](OCC)(OCC)OCC)CC(=O)O)(OCC)OCC. The average Bonchev–Trinajstić information content (AvgIpc) is 2.96. The lowest BCUT2D eigenvalue weighted by Crippen LogP contribution is -2.48. The van der Waals surface area contributed by atoms with Crippen molar-refractivity contribution in [2.24, 2.45) is 0 Å². The third kappa shape index (κ3) is 20.3. The van der Waals surface area contributed by atoms with E-state index < -0.39 is 42.6 Å². The smallest absolute Gasteiger partial charge is 0.480 e. The number of rotatable bonds is 31. The normalized spacial score (nSPS) is 12.1. The number of aliphatic carboxylic acids is 2. The minimum absolute atomic E-state index is 0.0561. The Morgan fingerprint density at radius 1 is 0.522 bits per heavy atom. The number of carboxylic acid groups (broad SMARTS) is 2. The van der Waals surface area contributed by atoms with Gasteiger partial charge < -0.3 is 47.4 Å². The number of hydrogen-bond donors (Lipinski definition) is 4. The number of nitrogens with zero attached hydrogens (tertiary/aromatic N) is 2. The standard InChI is InChI=1S/C28H58N4O12Si2/c1-7-39-45(40-8-2,41-9-3)19-13-15-29-25(33)21-31(23-27(35)36)17-18-32(24-28(37)38)22-26(34)30-16-14-20-46(42-10-4,43-11-5)44-12-6/h7-24H2,1-6H3,(H,29,33)(H,30,34)(H,35,36)(H,37,38). The van der Waals surface area contributed by atoms with Crippen LogP contribution in [-0.2, 0) is 45.7 Å². The Kier molecular flexibility index (Phi) is 24.9. The molecule has 46 heavy (non-hydrogen) atoms. The lowest BCUT2D eigenvalue weighted by molar-refractivity contribution is -0.141. The van der Waals surface area contributed by atoms with Crippen molar-refractivity contribution in [2.75, 3.05) is 92.0 Å². The van der Waals surface area contributed by atoms with Gasteiger partial charge in [-0.05, 0) is 54.4 Å². The van der Waals surface area contributed by atoms with Crippen LogP contribution in [0.4, 0.5) is 0 Å². The number of nitrogens with one attached hydrogen (secondary N) is 2. The zero-order valence-corrected chi connectivity index (χ0v) is 30.6. The molecule has 0 unspecified atom stereocenters. The number of carbonyl (C=O) groups is 4. The van der Waals surface area contributed by atoms with E-state index in [1.54, 1.807) is 0 Å². The van der Waals surface area contributed by atoms with Crippen LogP contribution in [0.15, 0.2) is 0 Å². The molecule has 0 saturated carbocycles. The van der Waals surface area contributed by atoms with Gasteiger partial charge in [0.1, 0.15) is 0 Å². The Morgan fingerprint density at radius 2 is 0.804 bits per heavy atom. The van der Waals surface area contributed by atoms with Crippen LogP contribution in [0.3, 0.4) is 0 Å². The number of carboxylic acids is 2. The molecule has 0 aromatic rings. The third-order valence-electron chi connectivity index (χ3n) is 6.33. The molecule has 0 atom stereocenters. The summed E-state index contributed by atoms with van der Waals surface area (Å²) in [5.41, 5.74) is 0. The topological polar surface area (TPSA) is 195 Å². The molecule has 18 heteroatoms. The van der Waals surface area contributed by atoms with Crippen LogP contribution in [0.5, 0.6) is 0 Å². The minimum Gasteiger partial charge on any atom is -0.480 e. The van der Waals surface area contributed by atoms with E-state index in [0.717, 1.165) is 0 Å². The number of amides is 2. The molecule has 0 aliphatic heterocycles. The van der Waals surface area contributed by atoms with Gasteiger partial charge in [0.2, 0.25) is 11.8 Å². The second-order valence-electron chi connectivity index (χ2n) is 10.1. The first-order valence-electron chi connectivity index (χ1n) is 16.2. The predicted molar refractivity (Wildman–Crippen MR) is 174 cm³/mol. The van der Waals surface area contributed by atoms with Crippen LogP contribution in [0, 0.1) is 0 Å². The van der Waals surface area contributed by atoms with Gasteiger partial charge in [0, 0.05) is 77.9 Å². The first kappa shape index (κ1) is 44.0. The highest BCUT2D eigenvalue weighted by atomic mass is 28.4. The molecule has 0 aromatic carbocycles. The van der Waals surface area contributed by atoms with Crippen molar-refractivity contribution in [3.05, 3.63) is 0 Å². The summed E-state index contributed by atoms with van der Waals surface area (Å²) in [5, 5.41) is 24.3. The Balaban J connectivity index is 5.01. The second kappa shape index (κ2) is 26.0. The van der Waals surface area contributed by atoms with Crippen LogP contribution in [-0.4, -0.2) is 153 Å². The van der Waals surface area contributed by atoms with Crippen molar-refractivity contribution in [2.45, 2.75) is 66.5 Å². The van der Waals surface area contributed by atoms with Crippen molar-refractivity contribution in [1.82, 2.24) is 20.4 Å². The van der Waals surface area contributed by atoms with Gasteiger partial charge in [-0.3, -0.25) is 29.0 Å². The van der Waals surface area contributed by atoms with Crippen LogP contribution < -0.4 is 10.6 Å². The Hall–Kier alpha value is -2.01. The Morgan fingerprint density at radius 3 is 1.04 bits per heavy atom. The number of carbonyl (C=O) groups excluding carboxylic acids is 2. The fourth-order valence-electron chi connectivity index (χ4n) is 4.68. The molecule has 4 N–H and O–H groups in total. The molecular formula is C28H58N4O12Si2. The molecule has 16 nitrogen and oxygen atoms in total. The predicted octanol–water partition coefficient (Wildman–Crippen LogP) is 0.869. The van der Waals surface area contributed by atoms with Gasteiger partial charge in [0.05, 0.1) is 26.2 Å². The van der Waals surface area contributed by atoms with Crippen molar-refractivity contribution >= 4 is 41.4 Å². The molecule has 0 bridgehead atoms.